The fourth-order valence-corrected chi connectivity index (χ4v) is 2.29. The number of hydrogen-bond acceptors (Lipinski definition) is 2. The van der Waals surface area contributed by atoms with Crippen LogP contribution < -0.4 is 5.32 Å². The fraction of sp³-hybridized carbons (Fsp3) is 0.235. The molecule has 0 aromatic heterocycles. The molecule has 102 valence electrons. The summed E-state index contributed by atoms with van der Waals surface area (Å²) in [6.07, 6.45) is 0. The first-order chi connectivity index (χ1) is 9.60. The van der Waals surface area contributed by atoms with Crippen LogP contribution >= 0.6 is 11.6 Å². The lowest BCUT2D eigenvalue weighted by Crippen LogP contribution is -2.22. The lowest BCUT2D eigenvalue weighted by Gasteiger charge is -2.21. The van der Waals surface area contributed by atoms with Crippen molar-refractivity contribution in [3.63, 3.8) is 0 Å². The molecule has 0 aliphatic rings. The van der Waals surface area contributed by atoms with Gasteiger partial charge in [-0.15, -0.1) is 0 Å². The van der Waals surface area contributed by atoms with E-state index in [0.29, 0.717) is 5.56 Å². The summed E-state index contributed by atoms with van der Waals surface area (Å²) in [4.78, 5) is 0. The van der Waals surface area contributed by atoms with Gasteiger partial charge in [0, 0.05) is 17.1 Å². The number of halogens is 1. The molecule has 0 heterocycles. The molecule has 0 aliphatic heterocycles. The van der Waals surface area contributed by atoms with Gasteiger partial charge in [0.1, 0.15) is 0 Å². The number of rotatable bonds is 4. The SMILES string of the molecule is CC(N[C@@H](C)c1ccc(Cl)cc1)c1ccc(C#N)cc1. The Hall–Kier alpha value is -1.82. The summed E-state index contributed by atoms with van der Waals surface area (Å²) in [6, 6.07) is 18.1. The summed E-state index contributed by atoms with van der Waals surface area (Å²) in [5, 5.41) is 13.1. The molecule has 0 saturated heterocycles. The van der Waals surface area contributed by atoms with Crippen molar-refractivity contribution in [3.8, 4) is 6.07 Å². The molecule has 0 fully saturated rings. The molecule has 2 rings (SSSR count). The van der Waals surface area contributed by atoms with Crippen molar-refractivity contribution in [1.82, 2.24) is 5.32 Å². The van der Waals surface area contributed by atoms with E-state index < -0.39 is 0 Å². The van der Waals surface area contributed by atoms with Gasteiger partial charge in [-0.3, -0.25) is 0 Å². The molecule has 0 spiro atoms. The average molecular weight is 285 g/mol. The zero-order chi connectivity index (χ0) is 14.5. The zero-order valence-corrected chi connectivity index (χ0v) is 12.4. The Morgan fingerprint density at radius 2 is 1.35 bits per heavy atom. The summed E-state index contributed by atoms with van der Waals surface area (Å²) in [5.74, 6) is 0. The molecule has 3 heteroatoms. The second-order valence-corrected chi connectivity index (χ2v) is 5.33. The molecule has 2 nitrogen and oxygen atoms in total. The summed E-state index contributed by atoms with van der Waals surface area (Å²) in [7, 11) is 0. The van der Waals surface area contributed by atoms with Gasteiger partial charge in [-0.25, -0.2) is 0 Å². The largest absolute Gasteiger partial charge is 0.304 e. The van der Waals surface area contributed by atoms with Crippen molar-refractivity contribution >= 4 is 11.6 Å². The number of nitrogens with one attached hydrogen (secondary N) is 1. The molecule has 2 atom stereocenters. The first kappa shape index (κ1) is 14.6. The smallest absolute Gasteiger partial charge is 0.0991 e. The summed E-state index contributed by atoms with van der Waals surface area (Å²) in [5.41, 5.74) is 3.06. The third kappa shape index (κ3) is 3.60. The summed E-state index contributed by atoms with van der Waals surface area (Å²) < 4.78 is 0. The fourth-order valence-electron chi connectivity index (χ4n) is 2.17. The highest BCUT2D eigenvalue weighted by molar-refractivity contribution is 6.30. The highest BCUT2D eigenvalue weighted by atomic mass is 35.5. The molecule has 1 N–H and O–H groups in total. The quantitative estimate of drug-likeness (QED) is 0.889. The molecule has 2 aromatic rings. The van der Waals surface area contributed by atoms with Crippen LogP contribution in [0.5, 0.6) is 0 Å². The Kier molecular flexibility index (Phi) is 4.79. The van der Waals surface area contributed by atoms with Crippen molar-refractivity contribution in [3.05, 3.63) is 70.2 Å². The predicted octanol–water partition coefficient (Wildman–Crippen LogP) is 4.62. The van der Waals surface area contributed by atoms with Crippen LogP contribution in [-0.4, -0.2) is 0 Å². The predicted molar refractivity (Wildman–Crippen MR) is 82.6 cm³/mol. The van der Waals surface area contributed by atoms with Gasteiger partial charge in [0.25, 0.3) is 0 Å². The topological polar surface area (TPSA) is 35.8 Å². The molecule has 2 aromatic carbocycles. The second-order valence-electron chi connectivity index (χ2n) is 4.90. The molecule has 1 unspecified atom stereocenters. The van der Waals surface area contributed by atoms with Crippen molar-refractivity contribution in [2.24, 2.45) is 0 Å². The van der Waals surface area contributed by atoms with E-state index >= 15 is 0 Å². The van der Waals surface area contributed by atoms with Crippen LogP contribution in [0, 0.1) is 11.3 Å². The van der Waals surface area contributed by atoms with E-state index in [0.717, 1.165) is 5.02 Å². The molecule has 0 bridgehead atoms. The maximum atomic E-state index is 8.81. The van der Waals surface area contributed by atoms with Crippen LogP contribution in [0.4, 0.5) is 0 Å². The van der Waals surface area contributed by atoms with Gasteiger partial charge in [0.05, 0.1) is 11.6 Å². The van der Waals surface area contributed by atoms with Gasteiger partial charge in [0.15, 0.2) is 0 Å². The van der Waals surface area contributed by atoms with E-state index in [4.69, 9.17) is 16.9 Å². The lowest BCUT2D eigenvalue weighted by molar-refractivity contribution is 0.494. The van der Waals surface area contributed by atoms with Gasteiger partial charge in [-0.2, -0.15) is 5.26 Å². The van der Waals surface area contributed by atoms with Crippen LogP contribution in [0.2, 0.25) is 5.02 Å². The molecule has 0 amide bonds. The van der Waals surface area contributed by atoms with Crippen LogP contribution in [0.25, 0.3) is 0 Å². The van der Waals surface area contributed by atoms with Gasteiger partial charge >= 0.3 is 0 Å². The highest BCUT2D eigenvalue weighted by Crippen LogP contribution is 2.21. The van der Waals surface area contributed by atoms with E-state index in [1.54, 1.807) is 0 Å². The number of nitrogens with zero attached hydrogens (tertiary/aromatic N) is 1. The van der Waals surface area contributed by atoms with Crippen molar-refractivity contribution in [1.29, 1.82) is 5.26 Å². The van der Waals surface area contributed by atoms with Crippen LogP contribution in [0.3, 0.4) is 0 Å². The van der Waals surface area contributed by atoms with Gasteiger partial charge in [-0.05, 0) is 49.2 Å². The highest BCUT2D eigenvalue weighted by Gasteiger charge is 2.11. The van der Waals surface area contributed by atoms with E-state index in [9.17, 15) is 0 Å². The van der Waals surface area contributed by atoms with Crippen molar-refractivity contribution in [2.45, 2.75) is 25.9 Å². The third-order valence-electron chi connectivity index (χ3n) is 3.41. The van der Waals surface area contributed by atoms with Crippen LogP contribution in [-0.2, 0) is 0 Å². The first-order valence-corrected chi connectivity index (χ1v) is 6.99. The van der Waals surface area contributed by atoms with Gasteiger partial charge < -0.3 is 5.32 Å². The van der Waals surface area contributed by atoms with Gasteiger partial charge in [-0.1, -0.05) is 35.9 Å². The summed E-state index contributed by atoms with van der Waals surface area (Å²) in [6.45, 7) is 4.25. The molecule has 0 radical (unpaired) electrons. The Morgan fingerprint density at radius 1 is 0.900 bits per heavy atom. The van der Waals surface area contributed by atoms with E-state index in [-0.39, 0.29) is 12.1 Å². The Morgan fingerprint density at radius 3 is 1.80 bits per heavy atom. The minimum absolute atomic E-state index is 0.216. The number of nitriles is 1. The monoisotopic (exact) mass is 284 g/mol. The van der Waals surface area contributed by atoms with E-state index in [1.807, 2.05) is 48.5 Å². The average Bonchev–Trinajstić information content (AvgIpc) is 2.48. The normalized spacial score (nSPS) is 13.5. The van der Waals surface area contributed by atoms with Crippen LogP contribution in [0.1, 0.15) is 42.6 Å². The number of benzene rings is 2. The minimum Gasteiger partial charge on any atom is -0.304 e. The molecule has 0 aliphatic carbocycles. The maximum Gasteiger partial charge on any atom is 0.0991 e. The summed E-state index contributed by atoms with van der Waals surface area (Å²) >= 11 is 5.90. The Labute approximate surface area is 125 Å². The van der Waals surface area contributed by atoms with Crippen LogP contribution in [0.15, 0.2) is 48.5 Å². The van der Waals surface area contributed by atoms with Gasteiger partial charge in [0.2, 0.25) is 0 Å². The lowest BCUT2D eigenvalue weighted by atomic mass is 10.0. The Balaban J connectivity index is 2.04. The molecular formula is C17H17ClN2. The zero-order valence-electron chi connectivity index (χ0n) is 11.6. The molecule has 20 heavy (non-hydrogen) atoms. The second kappa shape index (κ2) is 6.56. The Bertz CT molecular complexity index is 596. The van der Waals surface area contributed by atoms with E-state index in [2.05, 4.69) is 25.2 Å². The maximum absolute atomic E-state index is 8.81. The molecular weight excluding hydrogens is 268 g/mol. The number of hydrogen-bond donors (Lipinski definition) is 1. The third-order valence-corrected chi connectivity index (χ3v) is 3.66. The van der Waals surface area contributed by atoms with E-state index in [1.165, 1.54) is 11.1 Å². The minimum atomic E-state index is 0.216. The first-order valence-electron chi connectivity index (χ1n) is 6.61. The van der Waals surface area contributed by atoms with Crippen molar-refractivity contribution < 1.29 is 0 Å². The van der Waals surface area contributed by atoms with Crippen molar-refractivity contribution in [2.75, 3.05) is 0 Å². The molecule has 0 saturated carbocycles. The standard InChI is InChI=1S/C17H17ClN2/c1-12(15-5-3-14(11-19)4-6-15)20-13(2)16-7-9-17(18)10-8-16/h3-10,12-13,20H,1-2H3/t12?,13-/m0/s1.